The van der Waals surface area contributed by atoms with E-state index in [4.69, 9.17) is 19.3 Å². The summed E-state index contributed by atoms with van der Waals surface area (Å²) in [5, 5.41) is 8.74. The molecule has 1 N–H and O–H groups in total. The molecule has 0 radical (unpaired) electrons. The number of benzene rings is 1. The summed E-state index contributed by atoms with van der Waals surface area (Å²) in [5.41, 5.74) is 1.17. The number of ketones is 1. The van der Waals surface area contributed by atoms with Crippen LogP contribution < -0.4 is 4.74 Å². The van der Waals surface area contributed by atoms with Gasteiger partial charge in [-0.1, -0.05) is 18.7 Å². The molecular formula is C18H24O6. The predicted octanol–water partition coefficient (Wildman–Crippen LogP) is 2.21. The molecule has 24 heavy (non-hydrogen) atoms. The van der Waals surface area contributed by atoms with Crippen LogP contribution in [0, 0.1) is 0 Å². The molecule has 0 amide bonds. The fourth-order valence-electron chi connectivity index (χ4n) is 2.13. The molecule has 0 aliphatic heterocycles. The number of rotatable bonds is 11. The third kappa shape index (κ3) is 6.93. The fourth-order valence-corrected chi connectivity index (χ4v) is 2.13. The molecule has 0 aromatic heterocycles. The van der Waals surface area contributed by atoms with E-state index in [2.05, 4.69) is 6.58 Å². The van der Waals surface area contributed by atoms with E-state index in [0.717, 1.165) is 5.56 Å². The summed E-state index contributed by atoms with van der Waals surface area (Å²) in [7, 11) is 1.50. The van der Waals surface area contributed by atoms with Crippen LogP contribution in [-0.2, 0) is 19.1 Å². The number of carbonyl (C=O) groups excluding carboxylic acids is 2. The van der Waals surface area contributed by atoms with E-state index in [1.54, 1.807) is 24.3 Å². The average molecular weight is 336 g/mol. The molecule has 1 aromatic rings. The van der Waals surface area contributed by atoms with Gasteiger partial charge in [-0.2, -0.15) is 0 Å². The van der Waals surface area contributed by atoms with E-state index < -0.39 is 12.1 Å². The van der Waals surface area contributed by atoms with Gasteiger partial charge in [0.05, 0.1) is 13.2 Å². The van der Waals surface area contributed by atoms with Gasteiger partial charge in [-0.15, -0.1) is 0 Å². The zero-order valence-corrected chi connectivity index (χ0v) is 14.1. The maximum atomic E-state index is 12.0. The maximum Gasteiger partial charge on any atom is 0.303 e. The Labute approximate surface area is 142 Å². The quantitative estimate of drug-likeness (QED) is 0.493. The highest BCUT2D eigenvalue weighted by Crippen LogP contribution is 2.26. The first-order chi connectivity index (χ1) is 11.5. The summed E-state index contributed by atoms with van der Waals surface area (Å²) >= 11 is 0. The molecule has 0 aliphatic carbocycles. The van der Waals surface area contributed by atoms with Crippen molar-refractivity contribution in [3.8, 4) is 5.75 Å². The van der Waals surface area contributed by atoms with E-state index in [-0.39, 0.29) is 32.0 Å². The summed E-state index contributed by atoms with van der Waals surface area (Å²) in [4.78, 5) is 23.3. The van der Waals surface area contributed by atoms with Gasteiger partial charge in [0, 0.05) is 26.0 Å². The third-order valence-corrected chi connectivity index (χ3v) is 3.27. The third-order valence-electron chi connectivity index (χ3n) is 3.27. The molecule has 0 spiro atoms. The first kappa shape index (κ1) is 19.9. The minimum atomic E-state index is -0.520. The Morgan fingerprint density at radius 2 is 1.92 bits per heavy atom. The van der Waals surface area contributed by atoms with Gasteiger partial charge in [-0.3, -0.25) is 9.59 Å². The van der Waals surface area contributed by atoms with Crippen LogP contribution in [-0.4, -0.2) is 43.8 Å². The van der Waals surface area contributed by atoms with Gasteiger partial charge in [0.25, 0.3) is 0 Å². The van der Waals surface area contributed by atoms with Crippen molar-refractivity contribution in [3.63, 3.8) is 0 Å². The second-order valence-electron chi connectivity index (χ2n) is 5.24. The minimum Gasteiger partial charge on any atom is -0.491 e. The molecule has 0 saturated carbocycles. The summed E-state index contributed by atoms with van der Waals surface area (Å²) < 4.78 is 15.5. The van der Waals surface area contributed by atoms with Gasteiger partial charge in [0.15, 0.2) is 5.78 Å². The normalized spacial score (nSPS) is 11.6. The van der Waals surface area contributed by atoms with E-state index in [1.165, 1.54) is 14.0 Å². The number of methoxy groups -OCH3 is 1. The van der Waals surface area contributed by atoms with Crippen LogP contribution in [0.1, 0.15) is 31.4 Å². The van der Waals surface area contributed by atoms with Crippen LogP contribution >= 0.6 is 0 Å². The number of carbonyl (C=O) groups is 2. The van der Waals surface area contributed by atoms with Crippen molar-refractivity contribution < 1.29 is 28.9 Å². The van der Waals surface area contributed by atoms with Crippen molar-refractivity contribution in [1.82, 2.24) is 0 Å². The molecule has 6 nitrogen and oxygen atoms in total. The smallest absolute Gasteiger partial charge is 0.303 e. The van der Waals surface area contributed by atoms with Gasteiger partial charge < -0.3 is 19.3 Å². The van der Waals surface area contributed by atoms with Crippen LogP contribution in [0.15, 0.2) is 36.4 Å². The van der Waals surface area contributed by atoms with Crippen molar-refractivity contribution >= 4 is 11.8 Å². The zero-order valence-electron chi connectivity index (χ0n) is 14.1. The van der Waals surface area contributed by atoms with Crippen LogP contribution in [0.3, 0.4) is 0 Å². The van der Waals surface area contributed by atoms with Gasteiger partial charge >= 0.3 is 5.97 Å². The molecule has 0 heterocycles. The van der Waals surface area contributed by atoms with Crippen LogP contribution in [0.2, 0.25) is 0 Å². The van der Waals surface area contributed by atoms with E-state index >= 15 is 0 Å². The molecule has 1 atom stereocenters. The van der Waals surface area contributed by atoms with E-state index in [9.17, 15) is 9.59 Å². The molecule has 0 aliphatic rings. The first-order valence-electron chi connectivity index (χ1n) is 7.68. The molecule has 1 rings (SSSR count). The largest absolute Gasteiger partial charge is 0.491 e. The number of Topliss-reactive ketones (excluding diaryl/α,β-unsaturated/α-hetero) is 1. The van der Waals surface area contributed by atoms with Gasteiger partial charge in [0.2, 0.25) is 0 Å². The monoisotopic (exact) mass is 336 g/mol. The fraction of sp³-hybridized carbons (Fsp3) is 0.444. The first-order valence-corrected chi connectivity index (χ1v) is 7.68. The molecule has 1 aromatic carbocycles. The summed E-state index contributed by atoms with van der Waals surface area (Å²) in [6.45, 7) is 5.34. The molecule has 6 heteroatoms. The Morgan fingerprint density at radius 1 is 1.25 bits per heavy atom. The Balaban J connectivity index is 2.72. The molecule has 132 valence electrons. The lowest BCUT2D eigenvalue weighted by atomic mass is 10.0. The van der Waals surface area contributed by atoms with Crippen LogP contribution in [0.25, 0.3) is 0 Å². The summed E-state index contributed by atoms with van der Waals surface area (Å²) in [5.74, 6) is 0.0830. The van der Waals surface area contributed by atoms with E-state index in [1.807, 2.05) is 0 Å². The maximum absolute atomic E-state index is 12.0. The van der Waals surface area contributed by atoms with Crippen molar-refractivity contribution in [1.29, 1.82) is 0 Å². The Morgan fingerprint density at radius 3 is 2.46 bits per heavy atom. The lowest BCUT2D eigenvalue weighted by molar-refractivity contribution is -0.147. The standard InChI is InChI=1S/C18H24O6/c1-13(12-22-3)17(21)8-9-18(24-14(2)20)15-4-6-16(7-5-15)23-11-10-19/h4-7,18-19H,1,8-12H2,2-3H3/t18-/m0/s1. The highest BCUT2D eigenvalue weighted by molar-refractivity contribution is 5.94. The van der Waals surface area contributed by atoms with Crippen molar-refractivity contribution in [2.45, 2.75) is 25.9 Å². The topological polar surface area (TPSA) is 82.1 Å². The highest BCUT2D eigenvalue weighted by atomic mass is 16.5. The number of esters is 1. The molecule has 0 saturated heterocycles. The molecule has 0 unspecified atom stereocenters. The minimum absolute atomic E-state index is 0.0642. The van der Waals surface area contributed by atoms with E-state index in [0.29, 0.717) is 17.7 Å². The van der Waals surface area contributed by atoms with Crippen LogP contribution in [0.4, 0.5) is 0 Å². The number of ether oxygens (including phenoxy) is 3. The van der Waals surface area contributed by atoms with Crippen molar-refractivity contribution in [3.05, 3.63) is 42.0 Å². The SMILES string of the molecule is C=C(COC)C(=O)CC[C@H](OC(C)=O)c1ccc(OCCO)cc1. The second kappa shape index (κ2) is 10.6. The van der Waals surface area contributed by atoms with Gasteiger partial charge in [0.1, 0.15) is 18.5 Å². The molecule has 0 fully saturated rings. The predicted molar refractivity (Wildman–Crippen MR) is 88.8 cm³/mol. The summed E-state index contributed by atoms with van der Waals surface area (Å²) in [6, 6.07) is 7.00. The van der Waals surface area contributed by atoms with Crippen molar-refractivity contribution in [2.75, 3.05) is 26.9 Å². The van der Waals surface area contributed by atoms with Crippen LogP contribution in [0.5, 0.6) is 5.75 Å². The number of aliphatic hydroxyl groups excluding tert-OH is 1. The highest BCUT2D eigenvalue weighted by Gasteiger charge is 2.18. The Kier molecular flexibility index (Phi) is 8.75. The zero-order chi connectivity index (χ0) is 17.9. The summed E-state index contributed by atoms with van der Waals surface area (Å²) in [6.07, 6.45) is 0.0506. The van der Waals surface area contributed by atoms with Gasteiger partial charge in [-0.05, 0) is 24.1 Å². The average Bonchev–Trinajstić information content (AvgIpc) is 2.56. The Bertz CT molecular complexity index is 549. The molecular weight excluding hydrogens is 312 g/mol. The number of hydrogen-bond donors (Lipinski definition) is 1. The van der Waals surface area contributed by atoms with Gasteiger partial charge in [-0.25, -0.2) is 0 Å². The lowest BCUT2D eigenvalue weighted by Gasteiger charge is -2.18. The molecule has 0 bridgehead atoms. The number of aliphatic hydroxyl groups is 1. The Hall–Kier alpha value is -2.18. The lowest BCUT2D eigenvalue weighted by Crippen LogP contribution is -2.13. The second-order valence-corrected chi connectivity index (χ2v) is 5.24. The van der Waals surface area contributed by atoms with Crippen molar-refractivity contribution in [2.24, 2.45) is 0 Å². The number of hydrogen-bond acceptors (Lipinski definition) is 6.